The van der Waals surface area contributed by atoms with Gasteiger partial charge in [0.25, 0.3) is 5.91 Å². The fourth-order valence-corrected chi connectivity index (χ4v) is 4.96. The van der Waals surface area contributed by atoms with Gasteiger partial charge in [0, 0.05) is 11.9 Å². The van der Waals surface area contributed by atoms with Gasteiger partial charge in [-0.1, -0.05) is 37.5 Å². The second-order valence-corrected chi connectivity index (χ2v) is 8.90. The van der Waals surface area contributed by atoms with Gasteiger partial charge in [0.05, 0.1) is 23.0 Å². The van der Waals surface area contributed by atoms with Crippen LogP contribution in [0.25, 0.3) is 22.6 Å². The van der Waals surface area contributed by atoms with E-state index >= 15 is 0 Å². The van der Waals surface area contributed by atoms with Crippen molar-refractivity contribution in [2.75, 3.05) is 13.2 Å². The summed E-state index contributed by atoms with van der Waals surface area (Å²) in [5, 5.41) is 3.69. The third-order valence-corrected chi connectivity index (χ3v) is 6.65. The molecule has 1 saturated carbocycles. The average Bonchev–Trinajstić information content (AvgIpc) is 3.51. The molecule has 0 bridgehead atoms. The van der Waals surface area contributed by atoms with E-state index in [1.807, 2.05) is 42.5 Å². The third kappa shape index (κ3) is 4.70. The Balaban J connectivity index is 1.35. The van der Waals surface area contributed by atoms with Gasteiger partial charge in [-0.05, 0) is 67.0 Å². The molecule has 2 aromatic heterocycles. The lowest BCUT2D eigenvalue weighted by Crippen LogP contribution is -2.33. The molecule has 2 aliphatic rings. The maximum absolute atomic E-state index is 13.2. The number of rotatable bonds is 6. The zero-order valence-electron chi connectivity index (χ0n) is 18.6. The zero-order chi connectivity index (χ0) is 22.6. The molecule has 6 nitrogen and oxygen atoms in total. The van der Waals surface area contributed by atoms with Crippen LogP contribution in [-0.2, 0) is 16.0 Å². The van der Waals surface area contributed by atoms with Crippen molar-refractivity contribution < 1.29 is 18.7 Å². The normalized spacial score (nSPS) is 17.3. The van der Waals surface area contributed by atoms with Crippen LogP contribution in [0.4, 0.5) is 0 Å². The quantitative estimate of drug-likeness (QED) is 0.531. The van der Waals surface area contributed by atoms with Gasteiger partial charge >= 0.3 is 5.97 Å². The Morgan fingerprint density at radius 2 is 1.94 bits per heavy atom. The van der Waals surface area contributed by atoms with Gasteiger partial charge in [-0.2, -0.15) is 0 Å². The predicted molar refractivity (Wildman–Crippen MR) is 127 cm³/mol. The average molecular weight is 445 g/mol. The number of hydrogen-bond acceptors (Lipinski definition) is 5. The summed E-state index contributed by atoms with van der Waals surface area (Å²) in [5.74, 6) is 0.566. The van der Waals surface area contributed by atoms with Crippen LogP contribution in [0.2, 0.25) is 0 Å². The van der Waals surface area contributed by atoms with Crippen LogP contribution in [0.1, 0.15) is 65.9 Å². The monoisotopic (exact) mass is 444 g/mol. The highest BCUT2D eigenvalue weighted by atomic mass is 16.5. The number of carbonyl (C=O) groups is 2. The second-order valence-electron chi connectivity index (χ2n) is 8.90. The van der Waals surface area contributed by atoms with E-state index in [1.165, 1.54) is 19.3 Å². The molecule has 0 spiro atoms. The molecule has 0 radical (unpaired) electrons. The number of carbonyl (C=O) groups excluding carboxylic acids is 2. The molecule has 1 N–H and O–H groups in total. The summed E-state index contributed by atoms with van der Waals surface area (Å²) < 4.78 is 11.0. The van der Waals surface area contributed by atoms with Crippen molar-refractivity contribution in [1.29, 1.82) is 0 Å². The van der Waals surface area contributed by atoms with Crippen molar-refractivity contribution in [3.63, 3.8) is 0 Å². The summed E-state index contributed by atoms with van der Waals surface area (Å²) in [6.07, 6.45) is 11.1. The topological polar surface area (TPSA) is 81.4 Å². The number of para-hydroxylation sites is 1. The van der Waals surface area contributed by atoms with Crippen molar-refractivity contribution >= 4 is 34.4 Å². The summed E-state index contributed by atoms with van der Waals surface area (Å²) in [7, 11) is 0. The van der Waals surface area contributed by atoms with Gasteiger partial charge in [-0.15, -0.1) is 0 Å². The number of pyridine rings is 1. The number of nitrogens with zero attached hydrogens (tertiary/aromatic N) is 1. The number of furan rings is 1. The lowest BCUT2D eigenvalue weighted by Gasteiger charge is -2.21. The van der Waals surface area contributed by atoms with Gasteiger partial charge in [-0.3, -0.25) is 4.79 Å². The Labute approximate surface area is 193 Å². The number of fused-ring (bicyclic) bond motifs is 2. The number of allylic oxidation sites excluding steroid dienone is 1. The van der Waals surface area contributed by atoms with Crippen LogP contribution in [0.5, 0.6) is 0 Å². The number of amides is 1. The van der Waals surface area contributed by atoms with E-state index in [0.717, 1.165) is 52.8 Å². The molecular weight excluding hydrogens is 416 g/mol. The minimum atomic E-state index is -0.475. The summed E-state index contributed by atoms with van der Waals surface area (Å²) in [5.41, 5.74) is 3.96. The number of esters is 1. The summed E-state index contributed by atoms with van der Waals surface area (Å²) in [6, 6.07) is 11.3. The summed E-state index contributed by atoms with van der Waals surface area (Å²) >= 11 is 0. The summed E-state index contributed by atoms with van der Waals surface area (Å²) in [6.45, 7) is 0.386. The largest absolute Gasteiger partial charge is 0.465 e. The van der Waals surface area contributed by atoms with Crippen molar-refractivity contribution in [1.82, 2.24) is 10.3 Å². The fourth-order valence-electron chi connectivity index (χ4n) is 4.96. The molecule has 1 aromatic carbocycles. The molecule has 33 heavy (non-hydrogen) atoms. The first-order valence-electron chi connectivity index (χ1n) is 11.8. The highest BCUT2D eigenvalue weighted by Gasteiger charge is 2.28. The summed E-state index contributed by atoms with van der Waals surface area (Å²) in [4.78, 5) is 30.4. The molecular formula is C27H28N2O4. The molecule has 1 amide bonds. The minimum Gasteiger partial charge on any atom is -0.465 e. The number of ether oxygens (including phenoxy) is 1. The van der Waals surface area contributed by atoms with E-state index in [-0.39, 0.29) is 12.5 Å². The molecule has 170 valence electrons. The van der Waals surface area contributed by atoms with Crippen LogP contribution < -0.4 is 5.32 Å². The molecule has 0 atom stereocenters. The van der Waals surface area contributed by atoms with Crippen LogP contribution >= 0.6 is 0 Å². The van der Waals surface area contributed by atoms with Crippen molar-refractivity contribution in [2.24, 2.45) is 5.92 Å². The van der Waals surface area contributed by atoms with Gasteiger partial charge in [-0.25, -0.2) is 9.78 Å². The molecule has 0 aliphatic heterocycles. The first-order valence-corrected chi connectivity index (χ1v) is 11.8. The lowest BCUT2D eigenvalue weighted by atomic mass is 9.89. The van der Waals surface area contributed by atoms with Gasteiger partial charge in [0.15, 0.2) is 6.61 Å². The van der Waals surface area contributed by atoms with Crippen molar-refractivity contribution in [3.8, 4) is 0 Å². The molecule has 0 unspecified atom stereocenters. The molecule has 1 fully saturated rings. The standard InChI is InChI=1S/C27H28N2O4/c30-24(28-16-18-7-2-1-3-8-18)17-33-27(31)25-21-10-4-5-11-23(21)29-26-19(12-13-22(25)26)15-20-9-6-14-32-20/h4-6,9-11,14-15,18H,1-3,7-8,12-13,16-17H2,(H,28,30). The van der Waals surface area contributed by atoms with Crippen molar-refractivity contribution in [2.45, 2.75) is 44.9 Å². The van der Waals surface area contributed by atoms with Crippen molar-refractivity contribution in [3.05, 3.63) is 65.2 Å². The number of aromatic nitrogens is 1. The van der Waals surface area contributed by atoms with E-state index in [9.17, 15) is 9.59 Å². The SMILES string of the molecule is O=C(COC(=O)c1c2c(nc3ccccc13)C(=Cc1ccco1)CC2)NCC1CCCCC1. The molecule has 0 saturated heterocycles. The Hall–Kier alpha value is -3.41. The van der Waals surface area contributed by atoms with E-state index in [0.29, 0.717) is 24.4 Å². The van der Waals surface area contributed by atoms with Gasteiger partial charge in [0.1, 0.15) is 5.76 Å². The predicted octanol–water partition coefficient (Wildman–Crippen LogP) is 5.17. The second kappa shape index (κ2) is 9.61. The Bertz CT molecular complexity index is 1190. The van der Waals surface area contributed by atoms with Crippen LogP contribution in [-0.4, -0.2) is 30.0 Å². The molecule has 5 rings (SSSR count). The number of benzene rings is 1. The van der Waals surface area contributed by atoms with Crippen LogP contribution in [0.15, 0.2) is 47.1 Å². The van der Waals surface area contributed by atoms with E-state index in [1.54, 1.807) is 6.26 Å². The number of nitrogens with one attached hydrogen (secondary N) is 1. The zero-order valence-corrected chi connectivity index (χ0v) is 18.6. The smallest absolute Gasteiger partial charge is 0.339 e. The van der Waals surface area contributed by atoms with Gasteiger partial charge < -0.3 is 14.5 Å². The Kier molecular flexibility index (Phi) is 6.24. The van der Waals surface area contributed by atoms with E-state index < -0.39 is 5.97 Å². The fraction of sp³-hybridized carbons (Fsp3) is 0.370. The lowest BCUT2D eigenvalue weighted by molar-refractivity contribution is -0.124. The molecule has 6 heteroatoms. The van der Waals surface area contributed by atoms with Gasteiger partial charge in [0.2, 0.25) is 0 Å². The highest BCUT2D eigenvalue weighted by molar-refractivity contribution is 6.07. The molecule has 2 heterocycles. The third-order valence-electron chi connectivity index (χ3n) is 6.65. The Morgan fingerprint density at radius 3 is 2.76 bits per heavy atom. The maximum Gasteiger partial charge on any atom is 0.339 e. The van der Waals surface area contributed by atoms with E-state index in [4.69, 9.17) is 14.1 Å². The van der Waals surface area contributed by atoms with E-state index in [2.05, 4.69) is 5.32 Å². The van der Waals surface area contributed by atoms with Crippen LogP contribution in [0, 0.1) is 5.92 Å². The Morgan fingerprint density at radius 1 is 1.09 bits per heavy atom. The molecule has 2 aliphatic carbocycles. The first-order chi connectivity index (χ1) is 16.2. The van der Waals surface area contributed by atoms with Crippen LogP contribution in [0.3, 0.4) is 0 Å². The first kappa shape index (κ1) is 21.4. The minimum absolute atomic E-state index is 0.248. The number of hydrogen-bond donors (Lipinski definition) is 1. The molecule has 3 aromatic rings. The maximum atomic E-state index is 13.2. The highest BCUT2D eigenvalue weighted by Crippen LogP contribution is 2.37.